The van der Waals surface area contributed by atoms with Gasteiger partial charge in [0.15, 0.2) is 0 Å². The molecule has 1 rings (SSSR count). The number of carbonyl (C=O) groups is 1. The van der Waals surface area contributed by atoms with Crippen LogP contribution in [0.3, 0.4) is 0 Å². The summed E-state index contributed by atoms with van der Waals surface area (Å²) in [6, 6.07) is 0.462. The maximum atomic E-state index is 11.5. The first-order valence-electron chi connectivity index (χ1n) is 4.27. The number of carbonyl (C=O) groups excluding carboxylic acids is 1. The van der Waals surface area contributed by atoms with E-state index in [0.29, 0.717) is 6.04 Å². The molecular weight excluding hydrogens is 154 g/mol. The van der Waals surface area contributed by atoms with Crippen molar-refractivity contribution in [3.8, 4) is 0 Å². The number of likely N-dealkylation sites (N-methyl/N-ethyl adjacent to an activating group) is 1. The zero-order valence-electron chi connectivity index (χ0n) is 8.00. The molecule has 1 heterocycles. The van der Waals surface area contributed by atoms with Gasteiger partial charge in [0.05, 0.1) is 0 Å². The molecule has 1 unspecified atom stereocenters. The van der Waals surface area contributed by atoms with Gasteiger partial charge in [0.2, 0.25) is 0 Å². The molecule has 1 aliphatic heterocycles. The van der Waals surface area contributed by atoms with Crippen molar-refractivity contribution in [3.05, 3.63) is 0 Å². The summed E-state index contributed by atoms with van der Waals surface area (Å²) in [5, 5.41) is 3.23. The highest BCUT2D eigenvalue weighted by atomic mass is 16.2. The van der Waals surface area contributed by atoms with Crippen molar-refractivity contribution in [2.75, 3.05) is 34.2 Å². The minimum Gasteiger partial charge on any atom is -0.331 e. The van der Waals surface area contributed by atoms with Crippen LogP contribution in [0.2, 0.25) is 0 Å². The van der Waals surface area contributed by atoms with E-state index in [4.69, 9.17) is 0 Å². The third kappa shape index (κ3) is 1.88. The van der Waals surface area contributed by atoms with Gasteiger partial charge >= 0.3 is 6.03 Å². The minimum absolute atomic E-state index is 0.0868. The molecule has 0 aromatic carbocycles. The first kappa shape index (κ1) is 9.32. The van der Waals surface area contributed by atoms with Gasteiger partial charge in [0.25, 0.3) is 0 Å². The van der Waals surface area contributed by atoms with E-state index < -0.39 is 0 Å². The number of rotatable bonds is 1. The van der Waals surface area contributed by atoms with Crippen molar-refractivity contribution in [1.82, 2.24) is 15.1 Å². The molecular formula is C8H17N3O. The van der Waals surface area contributed by atoms with Crippen molar-refractivity contribution in [2.45, 2.75) is 12.5 Å². The molecule has 1 N–H and O–H groups in total. The molecule has 1 atom stereocenters. The van der Waals surface area contributed by atoms with E-state index in [1.807, 2.05) is 7.05 Å². The second-order valence-electron chi connectivity index (χ2n) is 3.43. The Bertz CT molecular complexity index is 164. The van der Waals surface area contributed by atoms with Crippen LogP contribution in [0.15, 0.2) is 0 Å². The van der Waals surface area contributed by atoms with Gasteiger partial charge < -0.3 is 15.1 Å². The Labute approximate surface area is 73.5 Å². The molecule has 0 aromatic rings. The molecule has 1 aliphatic rings. The van der Waals surface area contributed by atoms with E-state index in [0.717, 1.165) is 19.5 Å². The van der Waals surface area contributed by atoms with Gasteiger partial charge in [-0.05, 0) is 13.0 Å². The first-order valence-corrected chi connectivity index (χ1v) is 4.27. The molecule has 1 fully saturated rings. The lowest BCUT2D eigenvalue weighted by atomic mass is 10.2. The molecule has 0 spiro atoms. The van der Waals surface area contributed by atoms with Gasteiger partial charge in [0, 0.05) is 33.7 Å². The van der Waals surface area contributed by atoms with Gasteiger partial charge in [-0.25, -0.2) is 4.79 Å². The monoisotopic (exact) mass is 171 g/mol. The average Bonchev–Trinajstić information content (AvgIpc) is 2.53. The molecule has 0 saturated carbocycles. The molecule has 0 aliphatic carbocycles. The smallest absolute Gasteiger partial charge is 0.319 e. The predicted molar refractivity (Wildman–Crippen MR) is 48.1 cm³/mol. The molecule has 4 nitrogen and oxygen atoms in total. The van der Waals surface area contributed by atoms with Crippen LogP contribution >= 0.6 is 0 Å². The van der Waals surface area contributed by atoms with Crippen molar-refractivity contribution >= 4 is 6.03 Å². The fourth-order valence-electron chi connectivity index (χ4n) is 1.44. The fraction of sp³-hybridized carbons (Fsp3) is 0.875. The zero-order chi connectivity index (χ0) is 9.14. The maximum absolute atomic E-state index is 11.5. The van der Waals surface area contributed by atoms with Crippen LogP contribution in [-0.2, 0) is 0 Å². The maximum Gasteiger partial charge on any atom is 0.319 e. The lowest BCUT2D eigenvalue weighted by molar-refractivity contribution is 0.167. The Morgan fingerprint density at radius 1 is 1.42 bits per heavy atom. The van der Waals surface area contributed by atoms with Crippen LogP contribution in [0.25, 0.3) is 0 Å². The number of amides is 2. The highest BCUT2D eigenvalue weighted by Crippen LogP contribution is 2.07. The molecule has 0 radical (unpaired) electrons. The third-order valence-corrected chi connectivity index (χ3v) is 2.27. The van der Waals surface area contributed by atoms with Crippen LogP contribution in [0, 0.1) is 0 Å². The minimum atomic E-state index is 0.0868. The summed E-state index contributed by atoms with van der Waals surface area (Å²) in [5.74, 6) is 0. The highest BCUT2D eigenvalue weighted by molar-refractivity contribution is 5.73. The van der Waals surface area contributed by atoms with E-state index in [1.54, 1.807) is 23.9 Å². The quantitative estimate of drug-likeness (QED) is 0.601. The van der Waals surface area contributed by atoms with E-state index >= 15 is 0 Å². The van der Waals surface area contributed by atoms with Gasteiger partial charge in [-0.2, -0.15) is 0 Å². The second-order valence-corrected chi connectivity index (χ2v) is 3.43. The SMILES string of the molecule is CN(C)C(=O)N(C)C1CCNC1. The number of urea groups is 1. The standard InChI is InChI=1S/C8H17N3O/c1-10(2)8(12)11(3)7-4-5-9-6-7/h7,9H,4-6H2,1-3H3. The summed E-state index contributed by atoms with van der Waals surface area (Å²) in [6.45, 7) is 1.95. The van der Waals surface area contributed by atoms with E-state index in [9.17, 15) is 4.79 Å². The Morgan fingerprint density at radius 3 is 2.50 bits per heavy atom. The van der Waals surface area contributed by atoms with Crippen molar-refractivity contribution < 1.29 is 4.79 Å². The lowest BCUT2D eigenvalue weighted by Crippen LogP contribution is -2.43. The highest BCUT2D eigenvalue weighted by Gasteiger charge is 2.23. The second kappa shape index (κ2) is 3.76. The summed E-state index contributed by atoms with van der Waals surface area (Å²) in [6.07, 6.45) is 1.07. The predicted octanol–water partition coefficient (Wildman–Crippen LogP) is -0.0383. The molecule has 0 aromatic heterocycles. The largest absolute Gasteiger partial charge is 0.331 e. The summed E-state index contributed by atoms with van der Waals surface area (Å²) < 4.78 is 0. The van der Waals surface area contributed by atoms with Crippen LogP contribution in [0.5, 0.6) is 0 Å². The molecule has 2 amide bonds. The topological polar surface area (TPSA) is 35.6 Å². The van der Waals surface area contributed by atoms with Crippen molar-refractivity contribution in [2.24, 2.45) is 0 Å². The van der Waals surface area contributed by atoms with E-state index in [-0.39, 0.29) is 6.03 Å². The average molecular weight is 171 g/mol. The Hall–Kier alpha value is -0.770. The van der Waals surface area contributed by atoms with Crippen molar-refractivity contribution in [3.63, 3.8) is 0 Å². The molecule has 1 saturated heterocycles. The number of nitrogens with zero attached hydrogens (tertiary/aromatic N) is 2. The van der Waals surface area contributed by atoms with Gasteiger partial charge in [-0.3, -0.25) is 0 Å². The van der Waals surface area contributed by atoms with Gasteiger partial charge in [-0.15, -0.1) is 0 Å². The normalized spacial score (nSPS) is 22.4. The third-order valence-electron chi connectivity index (χ3n) is 2.27. The van der Waals surface area contributed by atoms with E-state index in [1.165, 1.54) is 0 Å². The van der Waals surface area contributed by atoms with Crippen LogP contribution < -0.4 is 5.32 Å². The Balaban J connectivity index is 2.45. The molecule has 0 bridgehead atoms. The van der Waals surface area contributed by atoms with Gasteiger partial charge in [-0.1, -0.05) is 0 Å². The van der Waals surface area contributed by atoms with E-state index in [2.05, 4.69) is 5.32 Å². The van der Waals surface area contributed by atoms with Crippen molar-refractivity contribution in [1.29, 1.82) is 0 Å². The number of hydrogen-bond acceptors (Lipinski definition) is 2. The first-order chi connectivity index (χ1) is 5.63. The van der Waals surface area contributed by atoms with Crippen LogP contribution in [0.4, 0.5) is 4.79 Å². The lowest BCUT2D eigenvalue weighted by Gasteiger charge is -2.26. The summed E-state index contributed by atoms with van der Waals surface area (Å²) >= 11 is 0. The molecule has 70 valence electrons. The fourth-order valence-corrected chi connectivity index (χ4v) is 1.44. The number of hydrogen-bond donors (Lipinski definition) is 1. The molecule has 12 heavy (non-hydrogen) atoms. The zero-order valence-corrected chi connectivity index (χ0v) is 8.00. The Kier molecular flexibility index (Phi) is 2.92. The van der Waals surface area contributed by atoms with Crippen LogP contribution in [-0.4, -0.2) is 56.1 Å². The summed E-state index contributed by atoms with van der Waals surface area (Å²) in [4.78, 5) is 14.9. The van der Waals surface area contributed by atoms with Crippen LogP contribution in [0.1, 0.15) is 6.42 Å². The van der Waals surface area contributed by atoms with Gasteiger partial charge in [0.1, 0.15) is 0 Å². The molecule has 4 heteroatoms. The Morgan fingerprint density at radius 2 is 2.08 bits per heavy atom. The number of nitrogens with one attached hydrogen (secondary N) is 1. The summed E-state index contributed by atoms with van der Waals surface area (Å²) in [7, 11) is 5.42. The summed E-state index contributed by atoms with van der Waals surface area (Å²) in [5.41, 5.74) is 0.